The third kappa shape index (κ3) is 5.58. The fraction of sp³-hybridized carbons (Fsp3) is 0.350. The summed E-state index contributed by atoms with van der Waals surface area (Å²) in [6.07, 6.45) is 0.395. The topological polar surface area (TPSA) is 95.5 Å². The second-order valence-corrected chi connectivity index (χ2v) is 6.66. The highest BCUT2D eigenvalue weighted by molar-refractivity contribution is 5.98. The minimum Gasteiger partial charge on any atom is -0.480 e. The number of carbonyl (C=O) groups is 3. The van der Waals surface area contributed by atoms with Crippen LogP contribution in [0.15, 0.2) is 42.5 Å². The molecule has 138 valence electrons. The van der Waals surface area contributed by atoms with Crippen LogP contribution >= 0.6 is 0 Å². The van der Waals surface area contributed by atoms with Crippen molar-refractivity contribution in [3.8, 4) is 0 Å². The molecule has 0 saturated heterocycles. The Kier molecular flexibility index (Phi) is 6.72. The van der Waals surface area contributed by atoms with E-state index in [1.54, 1.807) is 12.1 Å². The van der Waals surface area contributed by atoms with Crippen LogP contribution in [0.3, 0.4) is 0 Å². The van der Waals surface area contributed by atoms with Crippen LogP contribution in [0.5, 0.6) is 0 Å². The maximum Gasteiger partial charge on any atom is 0.326 e. The molecular weight excluding hydrogens is 332 g/mol. The molecule has 3 N–H and O–H groups in total. The Morgan fingerprint density at radius 3 is 2.38 bits per heavy atom. The summed E-state index contributed by atoms with van der Waals surface area (Å²) in [7, 11) is 0. The number of carboxylic acid groups (broad SMARTS) is 1. The van der Waals surface area contributed by atoms with Gasteiger partial charge < -0.3 is 15.7 Å². The zero-order valence-electron chi connectivity index (χ0n) is 15.0. The highest BCUT2D eigenvalue weighted by Crippen LogP contribution is 2.15. The first-order chi connectivity index (χ1) is 12.4. The van der Waals surface area contributed by atoms with Crippen molar-refractivity contribution < 1.29 is 19.5 Å². The van der Waals surface area contributed by atoms with E-state index in [2.05, 4.69) is 10.6 Å². The SMILES string of the molecule is CC(C)C[C@H](NC(=O)CCNC(=O)c1ccc2ccccc2c1)C(=O)O. The number of hydrogen-bond donors (Lipinski definition) is 3. The van der Waals surface area contributed by atoms with Gasteiger partial charge in [-0.3, -0.25) is 9.59 Å². The zero-order chi connectivity index (χ0) is 19.1. The minimum atomic E-state index is -1.05. The monoisotopic (exact) mass is 356 g/mol. The summed E-state index contributed by atoms with van der Waals surface area (Å²) in [4.78, 5) is 35.3. The van der Waals surface area contributed by atoms with Crippen molar-refractivity contribution in [2.45, 2.75) is 32.7 Å². The van der Waals surface area contributed by atoms with Crippen molar-refractivity contribution in [1.82, 2.24) is 10.6 Å². The van der Waals surface area contributed by atoms with Crippen LogP contribution in [-0.4, -0.2) is 35.5 Å². The molecule has 1 atom stereocenters. The van der Waals surface area contributed by atoms with Crippen LogP contribution in [0, 0.1) is 5.92 Å². The molecule has 0 fully saturated rings. The van der Waals surface area contributed by atoms with Crippen molar-refractivity contribution in [2.75, 3.05) is 6.54 Å². The maximum atomic E-state index is 12.2. The van der Waals surface area contributed by atoms with Gasteiger partial charge >= 0.3 is 5.97 Å². The normalized spacial score (nSPS) is 12.0. The summed E-state index contributed by atoms with van der Waals surface area (Å²) in [5, 5.41) is 16.3. The van der Waals surface area contributed by atoms with E-state index in [-0.39, 0.29) is 24.8 Å². The van der Waals surface area contributed by atoms with Crippen LogP contribution < -0.4 is 10.6 Å². The Morgan fingerprint density at radius 1 is 1.04 bits per heavy atom. The molecule has 0 aromatic heterocycles. The molecule has 2 amide bonds. The van der Waals surface area contributed by atoms with E-state index in [4.69, 9.17) is 5.11 Å². The molecular formula is C20H24N2O4. The number of benzene rings is 2. The van der Waals surface area contributed by atoms with E-state index in [9.17, 15) is 14.4 Å². The second-order valence-electron chi connectivity index (χ2n) is 6.66. The Labute approximate surface area is 152 Å². The number of rotatable bonds is 8. The van der Waals surface area contributed by atoms with Gasteiger partial charge in [-0.25, -0.2) is 4.79 Å². The highest BCUT2D eigenvalue weighted by atomic mass is 16.4. The number of amides is 2. The van der Waals surface area contributed by atoms with Crippen molar-refractivity contribution in [2.24, 2.45) is 5.92 Å². The molecule has 6 nitrogen and oxygen atoms in total. The van der Waals surface area contributed by atoms with Crippen LogP contribution in [0.1, 0.15) is 37.0 Å². The molecule has 2 aromatic rings. The number of aliphatic carboxylic acids is 1. The summed E-state index contributed by atoms with van der Waals surface area (Å²) in [5.74, 6) is -1.55. The lowest BCUT2D eigenvalue weighted by Crippen LogP contribution is -2.42. The Balaban J connectivity index is 1.84. The van der Waals surface area contributed by atoms with E-state index in [0.29, 0.717) is 12.0 Å². The largest absolute Gasteiger partial charge is 0.480 e. The number of nitrogens with one attached hydrogen (secondary N) is 2. The Morgan fingerprint density at radius 2 is 1.73 bits per heavy atom. The van der Waals surface area contributed by atoms with E-state index in [0.717, 1.165) is 10.8 Å². The van der Waals surface area contributed by atoms with Crippen LogP contribution in [0.4, 0.5) is 0 Å². The first-order valence-corrected chi connectivity index (χ1v) is 8.66. The molecule has 0 aliphatic rings. The fourth-order valence-electron chi connectivity index (χ4n) is 2.68. The first-order valence-electron chi connectivity index (χ1n) is 8.66. The number of fused-ring (bicyclic) bond motifs is 1. The highest BCUT2D eigenvalue weighted by Gasteiger charge is 2.20. The van der Waals surface area contributed by atoms with E-state index >= 15 is 0 Å². The molecule has 0 heterocycles. The van der Waals surface area contributed by atoms with Crippen molar-refractivity contribution >= 4 is 28.6 Å². The average Bonchev–Trinajstić information content (AvgIpc) is 2.60. The molecule has 2 rings (SSSR count). The molecule has 0 aliphatic carbocycles. The molecule has 26 heavy (non-hydrogen) atoms. The maximum absolute atomic E-state index is 12.2. The number of carboxylic acids is 1. The number of carbonyl (C=O) groups excluding carboxylic acids is 2. The Bertz CT molecular complexity index is 801. The molecule has 0 spiro atoms. The summed E-state index contributed by atoms with van der Waals surface area (Å²) < 4.78 is 0. The van der Waals surface area contributed by atoms with Gasteiger partial charge in [0, 0.05) is 18.5 Å². The molecule has 0 saturated carbocycles. The standard InChI is InChI=1S/C20H24N2O4/c1-13(2)11-17(20(25)26)22-18(23)9-10-21-19(24)16-8-7-14-5-3-4-6-15(14)12-16/h3-8,12-13,17H,9-11H2,1-2H3,(H,21,24)(H,22,23)(H,25,26)/t17-/m0/s1. The van der Waals surface area contributed by atoms with Gasteiger partial charge in [0.25, 0.3) is 5.91 Å². The van der Waals surface area contributed by atoms with Crippen LogP contribution in [0.2, 0.25) is 0 Å². The van der Waals surface area contributed by atoms with Crippen molar-refractivity contribution in [3.63, 3.8) is 0 Å². The lowest BCUT2D eigenvalue weighted by atomic mass is 10.0. The summed E-state index contributed by atoms with van der Waals surface area (Å²) in [5.41, 5.74) is 0.521. The van der Waals surface area contributed by atoms with Gasteiger partial charge in [0.2, 0.25) is 5.91 Å². The molecule has 0 aliphatic heterocycles. The molecule has 6 heteroatoms. The van der Waals surface area contributed by atoms with Gasteiger partial charge in [-0.1, -0.05) is 44.2 Å². The predicted octanol–water partition coefficient (Wildman–Crippen LogP) is 2.58. The van der Waals surface area contributed by atoms with Gasteiger partial charge in [0.15, 0.2) is 0 Å². The van der Waals surface area contributed by atoms with E-state index < -0.39 is 17.9 Å². The lowest BCUT2D eigenvalue weighted by molar-refractivity contribution is -0.142. The molecule has 0 bridgehead atoms. The summed E-state index contributed by atoms with van der Waals surface area (Å²) >= 11 is 0. The van der Waals surface area contributed by atoms with Crippen molar-refractivity contribution in [3.05, 3.63) is 48.0 Å². The van der Waals surface area contributed by atoms with Crippen LogP contribution in [-0.2, 0) is 9.59 Å². The van der Waals surface area contributed by atoms with Gasteiger partial charge in [0.1, 0.15) is 6.04 Å². The fourth-order valence-corrected chi connectivity index (χ4v) is 2.68. The van der Waals surface area contributed by atoms with Gasteiger partial charge in [-0.2, -0.15) is 0 Å². The predicted molar refractivity (Wildman–Crippen MR) is 99.9 cm³/mol. The lowest BCUT2D eigenvalue weighted by Gasteiger charge is -2.16. The summed E-state index contributed by atoms with van der Waals surface area (Å²) in [6.45, 7) is 3.93. The quantitative estimate of drug-likeness (QED) is 0.677. The number of hydrogen-bond acceptors (Lipinski definition) is 3. The minimum absolute atomic E-state index is 0.0290. The zero-order valence-corrected chi connectivity index (χ0v) is 15.0. The van der Waals surface area contributed by atoms with Gasteiger partial charge in [0.05, 0.1) is 0 Å². The van der Waals surface area contributed by atoms with Crippen molar-refractivity contribution in [1.29, 1.82) is 0 Å². The third-order valence-electron chi connectivity index (χ3n) is 3.99. The molecule has 2 aromatic carbocycles. The Hall–Kier alpha value is -2.89. The van der Waals surface area contributed by atoms with E-state index in [1.807, 2.05) is 44.2 Å². The van der Waals surface area contributed by atoms with E-state index in [1.165, 1.54) is 0 Å². The smallest absolute Gasteiger partial charge is 0.326 e. The third-order valence-corrected chi connectivity index (χ3v) is 3.99. The van der Waals surface area contributed by atoms with Crippen LogP contribution in [0.25, 0.3) is 10.8 Å². The first kappa shape index (κ1) is 19.4. The summed E-state index contributed by atoms with van der Waals surface area (Å²) in [6, 6.07) is 12.3. The molecule has 0 radical (unpaired) electrons. The second kappa shape index (κ2) is 8.99. The van der Waals surface area contributed by atoms with Gasteiger partial charge in [-0.05, 0) is 35.2 Å². The van der Waals surface area contributed by atoms with Gasteiger partial charge in [-0.15, -0.1) is 0 Å². The average molecular weight is 356 g/mol. The molecule has 0 unspecified atom stereocenters.